The number of aromatic nitrogens is 2. The Balaban J connectivity index is 1.64. The minimum Gasteiger partial charge on any atom is -0.182 e. The van der Waals surface area contributed by atoms with E-state index < -0.39 is 0 Å². The first-order valence-electron chi connectivity index (χ1n) is 6.63. The van der Waals surface area contributed by atoms with Crippen molar-refractivity contribution < 1.29 is 9.13 Å². The number of nitrogens with zero attached hydrogens (tertiary/aromatic N) is 2. The predicted octanol–water partition coefficient (Wildman–Crippen LogP) is 3.39. The minimum atomic E-state index is 1.01. The van der Waals surface area contributed by atoms with E-state index in [0.29, 0.717) is 0 Å². The Morgan fingerprint density at radius 1 is 0.650 bits per heavy atom. The van der Waals surface area contributed by atoms with E-state index in [2.05, 4.69) is 68.7 Å². The van der Waals surface area contributed by atoms with Crippen LogP contribution in [0.25, 0.3) is 20.4 Å². The summed E-state index contributed by atoms with van der Waals surface area (Å²) in [7, 11) is 0. The Labute approximate surface area is 125 Å². The standard InChI is InChI=1S/C16H14N2S2/c1-3-7-15-13(5-1)17(11-19-15)9-10-18-12-20-16-8-4-2-6-14(16)18/h1-8,11-12H,9-10H2/q+2. The largest absolute Gasteiger partial charge is 0.226 e. The molecule has 0 N–H and O–H groups in total. The molecule has 0 atom stereocenters. The number of benzene rings is 2. The van der Waals surface area contributed by atoms with Crippen molar-refractivity contribution in [3.8, 4) is 0 Å². The number of thiazole rings is 2. The monoisotopic (exact) mass is 298 g/mol. The molecule has 2 aromatic carbocycles. The molecule has 98 valence electrons. The van der Waals surface area contributed by atoms with Gasteiger partial charge in [0.1, 0.15) is 9.40 Å². The second kappa shape index (κ2) is 4.96. The summed E-state index contributed by atoms with van der Waals surface area (Å²) in [5.74, 6) is 0. The van der Waals surface area contributed by atoms with Crippen LogP contribution in [-0.2, 0) is 13.1 Å². The third-order valence-electron chi connectivity index (χ3n) is 3.55. The maximum Gasteiger partial charge on any atom is 0.226 e. The van der Waals surface area contributed by atoms with Crippen molar-refractivity contribution in [3.63, 3.8) is 0 Å². The van der Waals surface area contributed by atoms with E-state index in [4.69, 9.17) is 0 Å². The predicted molar refractivity (Wildman–Crippen MR) is 84.0 cm³/mol. The Bertz CT molecular complexity index is 802. The number of para-hydroxylation sites is 2. The first-order valence-corrected chi connectivity index (χ1v) is 8.39. The summed E-state index contributed by atoms with van der Waals surface area (Å²) in [6, 6.07) is 17.2. The summed E-state index contributed by atoms with van der Waals surface area (Å²) in [4.78, 5) is 0. The van der Waals surface area contributed by atoms with Crippen molar-refractivity contribution in [2.24, 2.45) is 0 Å². The SMILES string of the molecule is c1ccc2c(c1)sc[n+]2CC[n+]1csc2ccccc21. The van der Waals surface area contributed by atoms with E-state index >= 15 is 0 Å². The maximum atomic E-state index is 2.35. The lowest BCUT2D eigenvalue weighted by atomic mass is 10.3. The van der Waals surface area contributed by atoms with Crippen molar-refractivity contribution in [2.45, 2.75) is 13.1 Å². The zero-order chi connectivity index (χ0) is 13.4. The average Bonchev–Trinajstić information content (AvgIpc) is 3.09. The summed E-state index contributed by atoms with van der Waals surface area (Å²) in [5, 5.41) is 0. The van der Waals surface area contributed by atoms with Crippen molar-refractivity contribution in [1.82, 2.24) is 0 Å². The molecular formula is C16H14N2S2+2. The number of aryl methyl sites for hydroxylation is 2. The van der Waals surface area contributed by atoms with E-state index in [1.165, 1.54) is 20.4 Å². The Kier molecular flexibility index (Phi) is 2.98. The van der Waals surface area contributed by atoms with Crippen molar-refractivity contribution in [2.75, 3.05) is 0 Å². The lowest BCUT2D eigenvalue weighted by Crippen LogP contribution is -2.42. The van der Waals surface area contributed by atoms with E-state index in [1.807, 2.05) is 22.7 Å². The van der Waals surface area contributed by atoms with Gasteiger partial charge in [0.05, 0.1) is 0 Å². The molecular weight excluding hydrogens is 284 g/mol. The van der Waals surface area contributed by atoms with Gasteiger partial charge in [-0.2, -0.15) is 9.13 Å². The van der Waals surface area contributed by atoms with Gasteiger partial charge in [-0.15, -0.1) is 0 Å². The van der Waals surface area contributed by atoms with Crippen LogP contribution < -0.4 is 9.13 Å². The summed E-state index contributed by atoms with van der Waals surface area (Å²) < 4.78 is 7.40. The molecule has 0 aliphatic heterocycles. The second-order valence-corrected chi connectivity index (χ2v) is 6.54. The van der Waals surface area contributed by atoms with Crippen LogP contribution in [0, 0.1) is 0 Å². The van der Waals surface area contributed by atoms with E-state index in [1.54, 1.807) is 0 Å². The molecule has 0 radical (unpaired) electrons. The third-order valence-corrected chi connectivity index (χ3v) is 5.46. The van der Waals surface area contributed by atoms with Gasteiger partial charge in [-0.3, -0.25) is 0 Å². The summed E-state index contributed by atoms with van der Waals surface area (Å²) >= 11 is 3.62. The van der Waals surface area contributed by atoms with Crippen LogP contribution >= 0.6 is 22.7 Å². The van der Waals surface area contributed by atoms with Gasteiger partial charge < -0.3 is 0 Å². The highest BCUT2D eigenvalue weighted by molar-refractivity contribution is 7.16. The number of rotatable bonds is 3. The van der Waals surface area contributed by atoms with Gasteiger partial charge in [0.15, 0.2) is 0 Å². The topological polar surface area (TPSA) is 7.76 Å². The molecule has 2 heterocycles. The molecule has 20 heavy (non-hydrogen) atoms. The molecule has 2 nitrogen and oxygen atoms in total. The Morgan fingerprint density at radius 3 is 1.60 bits per heavy atom. The van der Waals surface area contributed by atoms with Gasteiger partial charge in [-0.1, -0.05) is 46.9 Å². The molecule has 4 aromatic rings. The van der Waals surface area contributed by atoms with Crippen LogP contribution in [0.2, 0.25) is 0 Å². The first kappa shape index (κ1) is 12.0. The van der Waals surface area contributed by atoms with Gasteiger partial charge in [0, 0.05) is 12.1 Å². The molecule has 4 rings (SSSR count). The molecule has 0 aliphatic rings. The molecule has 0 fully saturated rings. The lowest BCUT2D eigenvalue weighted by Gasteiger charge is -1.93. The maximum absolute atomic E-state index is 2.35. The van der Waals surface area contributed by atoms with Gasteiger partial charge in [-0.25, -0.2) is 0 Å². The van der Waals surface area contributed by atoms with Gasteiger partial charge in [0.25, 0.3) is 0 Å². The molecule has 0 amide bonds. The molecule has 0 spiro atoms. The highest BCUT2D eigenvalue weighted by atomic mass is 32.1. The minimum absolute atomic E-state index is 1.01. The fraction of sp³-hybridized carbons (Fsp3) is 0.125. The number of fused-ring (bicyclic) bond motifs is 2. The molecule has 4 heteroatoms. The van der Waals surface area contributed by atoms with Crippen LogP contribution in [0.15, 0.2) is 59.6 Å². The van der Waals surface area contributed by atoms with Crippen molar-refractivity contribution in [1.29, 1.82) is 0 Å². The van der Waals surface area contributed by atoms with E-state index in [-0.39, 0.29) is 0 Å². The molecule has 0 saturated heterocycles. The second-order valence-electron chi connectivity index (χ2n) is 4.77. The highest BCUT2D eigenvalue weighted by Gasteiger charge is 2.16. The van der Waals surface area contributed by atoms with Gasteiger partial charge >= 0.3 is 0 Å². The number of hydrogen-bond donors (Lipinski definition) is 0. The van der Waals surface area contributed by atoms with Gasteiger partial charge in [0.2, 0.25) is 35.1 Å². The van der Waals surface area contributed by atoms with Crippen LogP contribution in [0.4, 0.5) is 0 Å². The van der Waals surface area contributed by atoms with Crippen molar-refractivity contribution in [3.05, 3.63) is 59.6 Å². The fourth-order valence-corrected chi connectivity index (χ4v) is 4.35. The zero-order valence-electron chi connectivity index (χ0n) is 10.9. The zero-order valence-corrected chi connectivity index (χ0v) is 12.5. The van der Waals surface area contributed by atoms with E-state index in [9.17, 15) is 0 Å². The fourth-order valence-electron chi connectivity index (χ4n) is 2.50. The molecule has 0 saturated carbocycles. The molecule has 0 bridgehead atoms. The summed E-state index contributed by atoms with van der Waals surface area (Å²) in [5.41, 5.74) is 7.11. The van der Waals surface area contributed by atoms with Crippen LogP contribution in [0.3, 0.4) is 0 Å². The van der Waals surface area contributed by atoms with Crippen molar-refractivity contribution >= 4 is 43.1 Å². The smallest absolute Gasteiger partial charge is 0.182 e. The highest BCUT2D eigenvalue weighted by Crippen LogP contribution is 2.16. The van der Waals surface area contributed by atoms with Crippen LogP contribution in [0.1, 0.15) is 0 Å². The summed E-state index contributed by atoms with van der Waals surface area (Å²) in [6.45, 7) is 2.02. The first-order chi connectivity index (χ1) is 9.92. The van der Waals surface area contributed by atoms with E-state index in [0.717, 1.165) is 13.1 Å². The van der Waals surface area contributed by atoms with Crippen LogP contribution in [-0.4, -0.2) is 0 Å². The molecule has 0 unspecified atom stereocenters. The van der Waals surface area contributed by atoms with Crippen LogP contribution in [0.5, 0.6) is 0 Å². The van der Waals surface area contributed by atoms with Gasteiger partial charge in [-0.05, 0) is 12.1 Å². The average molecular weight is 298 g/mol. The third kappa shape index (κ3) is 2.01. The molecule has 0 aliphatic carbocycles. The normalized spacial score (nSPS) is 11.4. The summed E-state index contributed by atoms with van der Waals surface area (Å²) in [6.07, 6.45) is 0. The Morgan fingerprint density at radius 2 is 1.10 bits per heavy atom. The lowest BCUT2D eigenvalue weighted by molar-refractivity contribution is -0.751. The Hall–Kier alpha value is -1.78. The quantitative estimate of drug-likeness (QED) is 0.512. The molecule has 2 aromatic heterocycles. The number of hydrogen-bond acceptors (Lipinski definition) is 2.